The lowest BCUT2D eigenvalue weighted by atomic mass is 10.2. The highest BCUT2D eigenvalue weighted by atomic mass is 127. The summed E-state index contributed by atoms with van der Waals surface area (Å²) in [6.07, 6.45) is 5.52. The van der Waals surface area contributed by atoms with E-state index in [2.05, 4.69) is 44.5 Å². The van der Waals surface area contributed by atoms with Gasteiger partial charge in [-0.1, -0.05) is 24.9 Å². The Hall–Kier alpha value is -0.690. The van der Waals surface area contributed by atoms with Gasteiger partial charge in [0.2, 0.25) is 0 Å². The topological polar surface area (TPSA) is 43.6 Å². The Balaban J connectivity index is 2.53. The normalized spacial score (nSPS) is 10.8. The first-order valence-corrected chi connectivity index (χ1v) is 6.78. The molecule has 2 aromatic heterocycles. The van der Waals surface area contributed by atoms with Gasteiger partial charge in [-0.3, -0.25) is 0 Å². The standard InChI is InChI=1S/C11H12ClIN4/c1-3-4-7-8(13)9(12)16-10(15-7)11-14-5-6-17(11)2/h5-6H,3-4H2,1-2H3. The van der Waals surface area contributed by atoms with Crippen LogP contribution in [0.3, 0.4) is 0 Å². The second-order valence-electron chi connectivity index (χ2n) is 3.71. The van der Waals surface area contributed by atoms with Gasteiger partial charge in [-0.25, -0.2) is 15.0 Å². The van der Waals surface area contributed by atoms with Crippen LogP contribution in [-0.4, -0.2) is 19.5 Å². The zero-order chi connectivity index (χ0) is 12.4. The number of rotatable bonds is 3. The molecule has 0 fully saturated rings. The van der Waals surface area contributed by atoms with Crippen LogP contribution >= 0.6 is 34.2 Å². The van der Waals surface area contributed by atoms with E-state index in [4.69, 9.17) is 11.6 Å². The Morgan fingerprint density at radius 3 is 2.76 bits per heavy atom. The third-order valence-corrected chi connectivity index (χ3v) is 4.11. The van der Waals surface area contributed by atoms with Gasteiger partial charge >= 0.3 is 0 Å². The van der Waals surface area contributed by atoms with Gasteiger partial charge in [-0.15, -0.1) is 0 Å². The van der Waals surface area contributed by atoms with Gasteiger partial charge in [0.15, 0.2) is 11.6 Å². The first kappa shape index (κ1) is 12.8. The fourth-order valence-corrected chi connectivity index (χ4v) is 2.25. The molecule has 0 amide bonds. The molecule has 0 spiro atoms. The zero-order valence-corrected chi connectivity index (χ0v) is 12.5. The molecule has 0 saturated heterocycles. The molecule has 0 unspecified atom stereocenters. The van der Waals surface area contributed by atoms with Crippen LogP contribution in [0.1, 0.15) is 19.0 Å². The maximum atomic E-state index is 6.13. The number of aromatic nitrogens is 4. The van der Waals surface area contributed by atoms with Crippen molar-refractivity contribution in [3.63, 3.8) is 0 Å². The van der Waals surface area contributed by atoms with Gasteiger partial charge in [0.1, 0.15) is 5.15 Å². The molecule has 2 heterocycles. The second-order valence-corrected chi connectivity index (χ2v) is 5.15. The van der Waals surface area contributed by atoms with Gasteiger partial charge in [-0.2, -0.15) is 0 Å². The number of aryl methyl sites for hydroxylation is 2. The Kier molecular flexibility index (Phi) is 3.98. The van der Waals surface area contributed by atoms with Crippen molar-refractivity contribution in [3.8, 4) is 11.6 Å². The first-order chi connectivity index (χ1) is 8.13. The summed E-state index contributed by atoms with van der Waals surface area (Å²) in [6.45, 7) is 2.12. The highest BCUT2D eigenvalue weighted by molar-refractivity contribution is 14.1. The monoisotopic (exact) mass is 362 g/mol. The predicted octanol–water partition coefficient (Wildman–Crippen LogP) is 3.09. The van der Waals surface area contributed by atoms with Crippen molar-refractivity contribution in [1.29, 1.82) is 0 Å². The Bertz CT molecular complexity index is 538. The van der Waals surface area contributed by atoms with Crippen LogP contribution < -0.4 is 0 Å². The molecule has 0 radical (unpaired) electrons. The van der Waals surface area contributed by atoms with Crippen LogP contribution in [0, 0.1) is 3.57 Å². The summed E-state index contributed by atoms with van der Waals surface area (Å²) < 4.78 is 2.82. The maximum absolute atomic E-state index is 6.13. The highest BCUT2D eigenvalue weighted by Crippen LogP contribution is 2.23. The van der Waals surface area contributed by atoms with Crippen LogP contribution in [0.2, 0.25) is 5.15 Å². The minimum atomic E-state index is 0.502. The molecule has 0 aliphatic carbocycles. The molecule has 0 N–H and O–H groups in total. The molecular weight excluding hydrogens is 351 g/mol. The minimum absolute atomic E-state index is 0.502. The number of nitrogens with zero attached hydrogens (tertiary/aromatic N) is 4. The van der Waals surface area contributed by atoms with Crippen LogP contribution in [0.5, 0.6) is 0 Å². The van der Waals surface area contributed by atoms with E-state index < -0.39 is 0 Å². The molecule has 4 nitrogen and oxygen atoms in total. The lowest BCUT2D eigenvalue weighted by Gasteiger charge is -2.07. The van der Waals surface area contributed by atoms with Gasteiger partial charge in [-0.05, 0) is 29.0 Å². The van der Waals surface area contributed by atoms with Crippen molar-refractivity contribution >= 4 is 34.2 Å². The molecule has 2 aromatic rings. The van der Waals surface area contributed by atoms with Crippen LogP contribution in [-0.2, 0) is 13.5 Å². The van der Waals surface area contributed by atoms with E-state index in [0.717, 1.165) is 27.9 Å². The summed E-state index contributed by atoms with van der Waals surface area (Å²) in [6, 6.07) is 0. The van der Waals surface area contributed by atoms with Gasteiger partial charge in [0.05, 0.1) is 9.26 Å². The quantitative estimate of drug-likeness (QED) is 0.622. The fraction of sp³-hybridized carbons (Fsp3) is 0.364. The van der Waals surface area contributed by atoms with Crippen molar-refractivity contribution in [2.75, 3.05) is 0 Å². The molecule has 2 rings (SSSR count). The van der Waals surface area contributed by atoms with Crippen molar-refractivity contribution in [2.45, 2.75) is 19.8 Å². The molecule has 90 valence electrons. The van der Waals surface area contributed by atoms with Crippen molar-refractivity contribution in [1.82, 2.24) is 19.5 Å². The van der Waals surface area contributed by atoms with E-state index >= 15 is 0 Å². The summed E-state index contributed by atoms with van der Waals surface area (Å²) in [7, 11) is 1.91. The Morgan fingerprint density at radius 1 is 1.41 bits per heavy atom. The van der Waals surface area contributed by atoms with E-state index in [-0.39, 0.29) is 0 Å². The number of hydrogen-bond donors (Lipinski definition) is 0. The molecule has 0 saturated carbocycles. The van der Waals surface area contributed by atoms with Crippen LogP contribution in [0.4, 0.5) is 0 Å². The van der Waals surface area contributed by atoms with Gasteiger partial charge in [0, 0.05) is 19.4 Å². The van der Waals surface area contributed by atoms with E-state index in [0.29, 0.717) is 11.0 Å². The molecule has 0 aliphatic heterocycles. The van der Waals surface area contributed by atoms with Gasteiger partial charge < -0.3 is 4.57 Å². The minimum Gasteiger partial charge on any atom is -0.331 e. The fourth-order valence-electron chi connectivity index (χ4n) is 1.55. The third-order valence-electron chi connectivity index (χ3n) is 2.39. The Labute approximate surface area is 119 Å². The lowest BCUT2D eigenvalue weighted by Crippen LogP contribution is -2.03. The van der Waals surface area contributed by atoms with E-state index in [9.17, 15) is 0 Å². The summed E-state index contributed by atoms with van der Waals surface area (Å²) in [5, 5.41) is 0.502. The molecular formula is C11H12ClIN4. The average molecular weight is 363 g/mol. The Morgan fingerprint density at radius 2 is 2.18 bits per heavy atom. The van der Waals surface area contributed by atoms with Crippen LogP contribution in [0.25, 0.3) is 11.6 Å². The summed E-state index contributed by atoms with van der Waals surface area (Å²) >= 11 is 8.32. The molecule has 6 heteroatoms. The number of imidazole rings is 1. The summed E-state index contributed by atoms with van der Waals surface area (Å²) in [4.78, 5) is 13.1. The lowest BCUT2D eigenvalue weighted by molar-refractivity contribution is 0.851. The zero-order valence-electron chi connectivity index (χ0n) is 9.61. The van der Waals surface area contributed by atoms with Crippen molar-refractivity contribution < 1.29 is 0 Å². The largest absolute Gasteiger partial charge is 0.331 e. The molecule has 0 atom stereocenters. The first-order valence-electron chi connectivity index (χ1n) is 5.33. The average Bonchev–Trinajstić information content (AvgIpc) is 2.71. The van der Waals surface area contributed by atoms with Crippen molar-refractivity contribution in [3.05, 3.63) is 26.8 Å². The summed E-state index contributed by atoms with van der Waals surface area (Å²) in [5.41, 5.74) is 0.992. The molecule has 0 aromatic carbocycles. The smallest absolute Gasteiger partial charge is 0.197 e. The molecule has 0 bridgehead atoms. The number of hydrogen-bond acceptors (Lipinski definition) is 3. The van der Waals surface area contributed by atoms with E-state index in [1.807, 2.05) is 17.8 Å². The third kappa shape index (κ3) is 2.60. The van der Waals surface area contributed by atoms with E-state index in [1.54, 1.807) is 6.20 Å². The van der Waals surface area contributed by atoms with E-state index in [1.165, 1.54) is 0 Å². The number of halogens is 2. The predicted molar refractivity (Wildman–Crippen MR) is 76.0 cm³/mol. The van der Waals surface area contributed by atoms with Crippen molar-refractivity contribution in [2.24, 2.45) is 7.05 Å². The summed E-state index contributed by atoms with van der Waals surface area (Å²) in [5.74, 6) is 1.33. The SMILES string of the molecule is CCCc1nc(-c2nccn2C)nc(Cl)c1I. The molecule has 0 aliphatic rings. The maximum Gasteiger partial charge on any atom is 0.197 e. The molecule has 17 heavy (non-hydrogen) atoms. The second kappa shape index (κ2) is 5.30. The highest BCUT2D eigenvalue weighted by Gasteiger charge is 2.13. The van der Waals surface area contributed by atoms with Gasteiger partial charge in [0.25, 0.3) is 0 Å². The van der Waals surface area contributed by atoms with Crippen LogP contribution in [0.15, 0.2) is 12.4 Å².